The summed E-state index contributed by atoms with van der Waals surface area (Å²) in [7, 11) is 1.52. The summed E-state index contributed by atoms with van der Waals surface area (Å²) in [6.45, 7) is 8.29. The molecule has 6 heteroatoms. The highest BCUT2D eigenvalue weighted by Crippen LogP contribution is 2.35. The molecule has 0 spiro atoms. The van der Waals surface area contributed by atoms with Gasteiger partial charge in [-0.15, -0.1) is 0 Å². The van der Waals surface area contributed by atoms with E-state index in [1.807, 2.05) is 0 Å². The van der Waals surface area contributed by atoms with Crippen molar-refractivity contribution >= 4 is 17.5 Å². The molecular weight excluding hydrogens is 292 g/mol. The van der Waals surface area contributed by atoms with E-state index in [0.717, 1.165) is 5.56 Å². The molecule has 0 aliphatic heterocycles. The molecular formula is C15H23ClN2O3. The number of primary amides is 1. The number of hydrogen-bond acceptors (Lipinski definition) is 4. The Labute approximate surface area is 130 Å². The number of amides is 1. The minimum atomic E-state index is -0.756. The number of nitrogens with two attached hydrogens (primary N) is 1. The Bertz CT molecular complexity index is 512. The Morgan fingerprint density at radius 2 is 2.05 bits per heavy atom. The van der Waals surface area contributed by atoms with Gasteiger partial charge in [0.25, 0.3) is 5.91 Å². The molecule has 3 N–H and O–H groups in total. The van der Waals surface area contributed by atoms with E-state index < -0.39 is 12.0 Å². The van der Waals surface area contributed by atoms with E-state index >= 15 is 0 Å². The first-order valence-corrected chi connectivity index (χ1v) is 7.09. The van der Waals surface area contributed by atoms with Crippen molar-refractivity contribution in [1.82, 2.24) is 5.32 Å². The molecule has 0 radical (unpaired) electrons. The van der Waals surface area contributed by atoms with Crippen LogP contribution in [0.3, 0.4) is 0 Å². The second kappa shape index (κ2) is 7.00. The van der Waals surface area contributed by atoms with Gasteiger partial charge in [-0.25, -0.2) is 0 Å². The molecule has 0 saturated carbocycles. The average molecular weight is 315 g/mol. The lowest BCUT2D eigenvalue weighted by Crippen LogP contribution is -2.35. The summed E-state index contributed by atoms with van der Waals surface area (Å²) in [6, 6.07) is 3.43. The highest BCUT2D eigenvalue weighted by molar-refractivity contribution is 6.30. The van der Waals surface area contributed by atoms with E-state index in [2.05, 4.69) is 26.1 Å². The molecule has 5 nitrogen and oxygen atoms in total. The van der Waals surface area contributed by atoms with Crippen LogP contribution >= 0.6 is 11.6 Å². The molecule has 0 saturated heterocycles. The molecule has 1 rings (SSSR count). The fourth-order valence-corrected chi connectivity index (χ4v) is 1.87. The Kier molecular flexibility index (Phi) is 5.87. The van der Waals surface area contributed by atoms with Gasteiger partial charge in [-0.05, 0) is 33.8 Å². The van der Waals surface area contributed by atoms with Gasteiger partial charge in [0.15, 0.2) is 17.6 Å². The molecule has 1 aromatic rings. The summed E-state index contributed by atoms with van der Waals surface area (Å²) in [4.78, 5) is 11.2. The van der Waals surface area contributed by atoms with Crippen LogP contribution in [0.25, 0.3) is 0 Å². The van der Waals surface area contributed by atoms with Crippen molar-refractivity contribution in [2.45, 2.75) is 45.9 Å². The van der Waals surface area contributed by atoms with Crippen LogP contribution in [0.4, 0.5) is 0 Å². The summed E-state index contributed by atoms with van der Waals surface area (Å²) in [5.74, 6) is 0.410. The molecule has 0 aliphatic rings. The van der Waals surface area contributed by atoms with Gasteiger partial charge in [0.1, 0.15) is 0 Å². The molecule has 0 aromatic heterocycles. The predicted molar refractivity (Wildman–Crippen MR) is 83.9 cm³/mol. The normalized spacial score (nSPS) is 12.9. The smallest absolute Gasteiger partial charge is 0.258 e. The van der Waals surface area contributed by atoms with E-state index in [-0.39, 0.29) is 5.54 Å². The summed E-state index contributed by atoms with van der Waals surface area (Å²) < 4.78 is 10.9. The summed E-state index contributed by atoms with van der Waals surface area (Å²) in [6.07, 6.45) is -0.756. The molecule has 21 heavy (non-hydrogen) atoms. The monoisotopic (exact) mass is 314 g/mol. The first-order chi connectivity index (χ1) is 9.64. The number of carbonyl (C=O) groups excluding carboxylic acids is 1. The standard InChI is InChI=1S/C15H23ClN2O3/c1-9(14(17)19)21-13-10(8-18-15(2,3)4)6-11(16)7-12(13)20-5/h6-7,9,18H,8H2,1-5H3,(H2,17,19). The van der Waals surface area contributed by atoms with Gasteiger partial charge >= 0.3 is 0 Å². The average Bonchev–Trinajstić information content (AvgIpc) is 2.37. The Balaban J connectivity index is 3.13. The topological polar surface area (TPSA) is 73.6 Å². The highest BCUT2D eigenvalue weighted by Gasteiger charge is 2.19. The molecule has 0 fully saturated rings. The van der Waals surface area contributed by atoms with Crippen molar-refractivity contribution in [1.29, 1.82) is 0 Å². The van der Waals surface area contributed by atoms with Crippen LogP contribution in [0.2, 0.25) is 5.02 Å². The van der Waals surface area contributed by atoms with Gasteiger partial charge in [-0.3, -0.25) is 4.79 Å². The zero-order chi connectivity index (χ0) is 16.2. The maximum absolute atomic E-state index is 11.2. The summed E-state index contributed by atoms with van der Waals surface area (Å²) in [5.41, 5.74) is 5.99. The van der Waals surface area contributed by atoms with Crippen LogP contribution in [-0.2, 0) is 11.3 Å². The van der Waals surface area contributed by atoms with Gasteiger partial charge in [-0.1, -0.05) is 11.6 Å². The molecule has 1 aromatic carbocycles. The number of nitrogens with one attached hydrogen (secondary N) is 1. The van der Waals surface area contributed by atoms with E-state index in [0.29, 0.717) is 23.1 Å². The van der Waals surface area contributed by atoms with Gasteiger partial charge in [0.05, 0.1) is 7.11 Å². The number of methoxy groups -OCH3 is 1. The second-order valence-corrected chi connectivity index (χ2v) is 6.30. The SMILES string of the molecule is COc1cc(Cl)cc(CNC(C)(C)C)c1OC(C)C(N)=O. The van der Waals surface area contributed by atoms with Crippen molar-refractivity contribution in [3.05, 3.63) is 22.7 Å². The predicted octanol–water partition coefficient (Wildman–Crippen LogP) is 2.49. The van der Waals surface area contributed by atoms with Gasteiger partial charge in [0, 0.05) is 28.7 Å². The third kappa shape index (κ3) is 5.44. The molecule has 0 heterocycles. The third-order valence-corrected chi connectivity index (χ3v) is 3.04. The Hall–Kier alpha value is -1.46. The van der Waals surface area contributed by atoms with Crippen molar-refractivity contribution < 1.29 is 14.3 Å². The lowest BCUT2D eigenvalue weighted by atomic mass is 10.1. The summed E-state index contributed by atoms with van der Waals surface area (Å²) in [5, 5.41) is 3.89. The molecule has 1 amide bonds. The lowest BCUT2D eigenvalue weighted by molar-refractivity contribution is -0.124. The van der Waals surface area contributed by atoms with E-state index in [4.69, 9.17) is 26.8 Å². The van der Waals surface area contributed by atoms with Gasteiger partial charge < -0.3 is 20.5 Å². The fourth-order valence-electron chi connectivity index (χ4n) is 1.63. The maximum Gasteiger partial charge on any atom is 0.258 e. The first-order valence-electron chi connectivity index (χ1n) is 6.71. The molecule has 1 atom stereocenters. The minimum Gasteiger partial charge on any atom is -0.493 e. The van der Waals surface area contributed by atoms with E-state index in [1.54, 1.807) is 19.1 Å². The van der Waals surface area contributed by atoms with Crippen LogP contribution in [-0.4, -0.2) is 24.7 Å². The number of hydrogen-bond donors (Lipinski definition) is 2. The van der Waals surface area contributed by atoms with Crippen molar-refractivity contribution in [2.75, 3.05) is 7.11 Å². The van der Waals surface area contributed by atoms with Crippen molar-refractivity contribution in [2.24, 2.45) is 5.73 Å². The van der Waals surface area contributed by atoms with Crippen molar-refractivity contribution in [3.63, 3.8) is 0 Å². The van der Waals surface area contributed by atoms with E-state index in [9.17, 15) is 4.79 Å². The van der Waals surface area contributed by atoms with Crippen LogP contribution in [0.15, 0.2) is 12.1 Å². The number of ether oxygens (including phenoxy) is 2. The molecule has 118 valence electrons. The van der Waals surface area contributed by atoms with Crippen LogP contribution in [0, 0.1) is 0 Å². The molecule has 1 unspecified atom stereocenters. The Morgan fingerprint density at radius 3 is 2.52 bits per heavy atom. The first kappa shape index (κ1) is 17.6. The van der Waals surface area contributed by atoms with E-state index in [1.165, 1.54) is 7.11 Å². The number of rotatable bonds is 6. The number of benzene rings is 1. The zero-order valence-electron chi connectivity index (χ0n) is 13.1. The fraction of sp³-hybridized carbons (Fsp3) is 0.533. The van der Waals surface area contributed by atoms with Crippen LogP contribution < -0.4 is 20.5 Å². The number of carbonyl (C=O) groups is 1. The van der Waals surface area contributed by atoms with Crippen LogP contribution in [0.5, 0.6) is 11.5 Å². The molecule has 0 aliphatic carbocycles. The maximum atomic E-state index is 11.2. The van der Waals surface area contributed by atoms with Gasteiger partial charge in [-0.2, -0.15) is 0 Å². The largest absolute Gasteiger partial charge is 0.493 e. The third-order valence-electron chi connectivity index (χ3n) is 2.82. The summed E-state index contributed by atoms with van der Waals surface area (Å²) >= 11 is 6.09. The van der Waals surface area contributed by atoms with Gasteiger partial charge in [0.2, 0.25) is 0 Å². The molecule has 0 bridgehead atoms. The highest BCUT2D eigenvalue weighted by atomic mass is 35.5. The van der Waals surface area contributed by atoms with Crippen LogP contribution in [0.1, 0.15) is 33.3 Å². The minimum absolute atomic E-state index is 0.0673. The van der Waals surface area contributed by atoms with Crippen molar-refractivity contribution in [3.8, 4) is 11.5 Å². The second-order valence-electron chi connectivity index (χ2n) is 5.86. The quantitative estimate of drug-likeness (QED) is 0.846. The zero-order valence-corrected chi connectivity index (χ0v) is 13.9. The lowest BCUT2D eigenvalue weighted by Gasteiger charge is -2.23. The Morgan fingerprint density at radius 1 is 1.43 bits per heavy atom. The number of halogens is 1.